The van der Waals surface area contributed by atoms with Crippen LogP contribution in [-0.2, 0) is 27.9 Å². The summed E-state index contributed by atoms with van der Waals surface area (Å²) in [6.07, 6.45) is 3.34. The predicted molar refractivity (Wildman–Crippen MR) is 183 cm³/mol. The number of rotatable bonds is 16. The summed E-state index contributed by atoms with van der Waals surface area (Å²) in [4.78, 5) is 11.3. The smallest absolute Gasteiger partial charge is 0.261 e. The molecule has 2 saturated heterocycles. The van der Waals surface area contributed by atoms with Gasteiger partial charge in [-0.2, -0.15) is 0 Å². The van der Waals surface area contributed by atoms with Crippen LogP contribution in [0.1, 0.15) is 74.1 Å². The van der Waals surface area contributed by atoms with E-state index in [1.165, 1.54) is 10.4 Å². The zero-order chi connectivity index (χ0) is 31.8. The minimum atomic E-state index is -2.69. The highest BCUT2D eigenvalue weighted by Crippen LogP contribution is 2.41. The monoisotopic (exact) mass is 640 g/mol. The molecule has 4 rings (SSSR count). The third-order valence-corrected chi connectivity index (χ3v) is 19.9. The summed E-state index contributed by atoms with van der Waals surface area (Å²) in [5.41, 5.74) is 0. The number of aldehydes is 1. The van der Waals surface area contributed by atoms with Crippen LogP contribution in [0.3, 0.4) is 0 Å². The Labute approximate surface area is 268 Å². The van der Waals surface area contributed by atoms with Crippen molar-refractivity contribution in [1.29, 1.82) is 0 Å². The fourth-order valence-corrected chi connectivity index (χ4v) is 15.0. The van der Waals surface area contributed by atoms with Crippen molar-refractivity contribution in [2.45, 2.75) is 121 Å². The molecular formula is C36H56O6Si2. The van der Waals surface area contributed by atoms with Crippen LogP contribution < -0.4 is 10.4 Å². The second kappa shape index (κ2) is 15.3. The van der Waals surface area contributed by atoms with Gasteiger partial charge in [-0.15, -0.1) is 0 Å². The van der Waals surface area contributed by atoms with Gasteiger partial charge in [0.2, 0.25) is 0 Å². The average Bonchev–Trinajstić information content (AvgIpc) is 3.67. The third kappa shape index (κ3) is 7.48. The van der Waals surface area contributed by atoms with Crippen molar-refractivity contribution >= 4 is 33.3 Å². The maximum atomic E-state index is 11.3. The van der Waals surface area contributed by atoms with Crippen LogP contribution in [0.25, 0.3) is 0 Å². The minimum Gasteiger partial charge on any atom is -0.411 e. The van der Waals surface area contributed by atoms with Crippen molar-refractivity contribution in [2.24, 2.45) is 5.92 Å². The van der Waals surface area contributed by atoms with Gasteiger partial charge in [0.1, 0.15) is 6.29 Å². The molecule has 0 aliphatic carbocycles. The molecule has 0 saturated carbocycles. The molecule has 2 aliphatic rings. The van der Waals surface area contributed by atoms with Crippen LogP contribution in [-0.4, -0.2) is 66.8 Å². The summed E-state index contributed by atoms with van der Waals surface area (Å²) in [6, 6.07) is 24.9. The van der Waals surface area contributed by atoms with Crippen molar-refractivity contribution in [3.05, 3.63) is 60.7 Å². The fourth-order valence-electron chi connectivity index (χ4n) is 7.47. The Morgan fingerprint density at radius 2 is 1.48 bits per heavy atom. The minimum absolute atomic E-state index is 0.00115. The van der Waals surface area contributed by atoms with E-state index in [2.05, 4.69) is 109 Å². The Morgan fingerprint density at radius 1 is 0.932 bits per heavy atom. The number of carbonyl (C=O) groups is 1. The second-order valence-corrected chi connectivity index (χ2v) is 22.8. The van der Waals surface area contributed by atoms with Crippen molar-refractivity contribution < 1.29 is 27.9 Å². The lowest BCUT2D eigenvalue weighted by Gasteiger charge is -2.43. The molecule has 0 bridgehead atoms. The molecule has 0 spiro atoms. The van der Waals surface area contributed by atoms with Crippen LogP contribution in [0.4, 0.5) is 0 Å². The zero-order valence-electron chi connectivity index (χ0n) is 28.2. The van der Waals surface area contributed by atoms with Gasteiger partial charge in [-0.3, -0.25) is 0 Å². The van der Waals surface area contributed by atoms with Crippen molar-refractivity contribution in [1.82, 2.24) is 0 Å². The number of benzene rings is 2. The van der Waals surface area contributed by atoms with Crippen molar-refractivity contribution in [2.75, 3.05) is 19.8 Å². The molecule has 244 valence electrons. The van der Waals surface area contributed by atoms with Gasteiger partial charge in [-0.25, -0.2) is 0 Å². The summed E-state index contributed by atoms with van der Waals surface area (Å²) < 4.78 is 33.8. The summed E-state index contributed by atoms with van der Waals surface area (Å²) in [6.45, 7) is 17.6. The van der Waals surface area contributed by atoms with Gasteiger partial charge in [0.25, 0.3) is 8.32 Å². The standard InChI is InChI=1S/C36H56O6Si2/c1-8-43(9-2,10-3)42-34-27-30(41-33(34)26-29(4)36(22-17-23-37)38-24-25-39-36)28-40-44(35(5,6)7,31-18-13-11-14-19-31)32-20-15-12-16-21-32/h11-16,18-21,23,29-30,33-34H,8-10,17,22,24-28H2,1-7H3/t29-,30+,33-,34-/m1/s1. The number of hydrogen-bond donors (Lipinski definition) is 0. The molecule has 6 nitrogen and oxygen atoms in total. The van der Waals surface area contributed by atoms with E-state index in [1.807, 2.05) is 0 Å². The van der Waals surface area contributed by atoms with Crippen LogP contribution in [0.2, 0.25) is 23.2 Å². The van der Waals surface area contributed by atoms with E-state index in [-0.39, 0.29) is 29.3 Å². The molecule has 2 aliphatic heterocycles. The van der Waals surface area contributed by atoms with E-state index in [4.69, 9.17) is 23.1 Å². The van der Waals surface area contributed by atoms with Gasteiger partial charge in [0, 0.05) is 25.2 Å². The van der Waals surface area contributed by atoms with E-state index < -0.39 is 22.4 Å². The summed E-state index contributed by atoms with van der Waals surface area (Å²) in [5.74, 6) is -0.689. The molecule has 2 heterocycles. The third-order valence-electron chi connectivity index (χ3n) is 10.2. The van der Waals surface area contributed by atoms with Gasteiger partial charge in [-0.1, -0.05) is 109 Å². The van der Waals surface area contributed by atoms with E-state index in [1.54, 1.807) is 0 Å². The van der Waals surface area contributed by atoms with Crippen LogP contribution in [0.15, 0.2) is 60.7 Å². The highest BCUT2D eigenvalue weighted by Gasteiger charge is 2.52. The van der Waals surface area contributed by atoms with Crippen LogP contribution in [0, 0.1) is 5.92 Å². The van der Waals surface area contributed by atoms with Crippen molar-refractivity contribution in [3.8, 4) is 0 Å². The van der Waals surface area contributed by atoms with Gasteiger partial charge >= 0.3 is 0 Å². The molecule has 2 aromatic rings. The van der Waals surface area contributed by atoms with Crippen molar-refractivity contribution in [3.63, 3.8) is 0 Å². The first-order chi connectivity index (χ1) is 21.1. The maximum absolute atomic E-state index is 11.3. The Kier molecular flexibility index (Phi) is 12.2. The highest BCUT2D eigenvalue weighted by molar-refractivity contribution is 6.99. The lowest BCUT2D eigenvalue weighted by molar-refractivity contribution is -0.204. The first kappa shape index (κ1) is 35.2. The molecule has 0 unspecified atom stereocenters. The Balaban J connectivity index is 1.62. The lowest BCUT2D eigenvalue weighted by atomic mass is 9.89. The molecular weight excluding hydrogens is 585 g/mol. The van der Waals surface area contributed by atoms with Crippen LogP contribution in [0.5, 0.6) is 0 Å². The molecule has 0 aromatic heterocycles. The largest absolute Gasteiger partial charge is 0.411 e. The van der Waals surface area contributed by atoms with E-state index in [9.17, 15) is 4.79 Å². The van der Waals surface area contributed by atoms with Gasteiger partial charge in [-0.05, 0) is 40.0 Å². The molecule has 0 radical (unpaired) electrons. The normalized spacial score (nSPS) is 23.1. The number of carbonyl (C=O) groups excluding carboxylic acids is 1. The van der Waals surface area contributed by atoms with Gasteiger partial charge in [0.05, 0.1) is 38.1 Å². The molecule has 0 N–H and O–H groups in total. The molecule has 2 aromatic carbocycles. The zero-order valence-corrected chi connectivity index (χ0v) is 30.2. The number of ether oxygens (including phenoxy) is 3. The highest BCUT2D eigenvalue weighted by atomic mass is 28.4. The van der Waals surface area contributed by atoms with E-state index in [0.29, 0.717) is 32.7 Å². The molecule has 8 heteroatoms. The quantitative estimate of drug-likeness (QED) is 0.148. The summed E-state index contributed by atoms with van der Waals surface area (Å²) in [5, 5.41) is 2.45. The maximum Gasteiger partial charge on any atom is 0.261 e. The first-order valence-corrected chi connectivity index (χ1v) is 21.3. The molecule has 0 amide bonds. The summed E-state index contributed by atoms with van der Waals surface area (Å²) >= 11 is 0. The molecule has 4 atom stereocenters. The summed E-state index contributed by atoms with van der Waals surface area (Å²) in [7, 11) is -4.59. The van der Waals surface area contributed by atoms with Crippen LogP contribution >= 0.6 is 0 Å². The SMILES string of the molecule is CC[Si](CC)(CC)O[C@@H]1C[C@@H](CO[Si](c2ccccc2)(c2ccccc2)C(C)(C)C)O[C@@H]1C[C@@H](C)C1(CCC=O)OCCO1. The molecule has 2 fully saturated rings. The Bertz CT molecular complexity index is 1100. The van der Waals surface area contributed by atoms with Gasteiger partial charge in [0.15, 0.2) is 14.1 Å². The Morgan fingerprint density at radius 3 is 1.95 bits per heavy atom. The predicted octanol–water partition coefficient (Wildman–Crippen LogP) is 6.86. The fraction of sp³-hybridized carbons (Fsp3) is 0.639. The van der Waals surface area contributed by atoms with Gasteiger partial charge < -0.3 is 27.9 Å². The second-order valence-electron chi connectivity index (χ2n) is 13.8. The van der Waals surface area contributed by atoms with E-state index in [0.717, 1.165) is 37.3 Å². The van der Waals surface area contributed by atoms with E-state index >= 15 is 0 Å². The average molecular weight is 641 g/mol. The Hall–Kier alpha value is -1.66. The molecule has 44 heavy (non-hydrogen) atoms. The number of hydrogen-bond acceptors (Lipinski definition) is 6. The lowest BCUT2D eigenvalue weighted by Crippen LogP contribution is -2.67. The first-order valence-electron chi connectivity index (χ1n) is 16.9. The topological polar surface area (TPSA) is 63.2 Å².